The summed E-state index contributed by atoms with van der Waals surface area (Å²) in [4.78, 5) is 10.5. The van der Waals surface area contributed by atoms with Crippen molar-refractivity contribution in [3.63, 3.8) is 0 Å². The number of para-hydroxylation sites is 2. The highest BCUT2D eigenvalue weighted by atomic mass is 16.6. The normalized spacial score (nSPS) is 19.1. The second kappa shape index (κ2) is 4.04. The van der Waals surface area contributed by atoms with Crippen molar-refractivity contribution < 1.29 is 14.3 Å². The Morgan fingerprint density at radius 3 is 2.87 bits per heavy atom. The number of ether oxygens (including phenoxy) is 2. The maximum absolute atomic E-state index is 10.5. The van der Waals surface area contributed by atoms with Gasteiger partial charge in [-0.05, 0) is 18.2 Å². The van der Waals surface area contributed by atoms with Crippen LogP contribution in [-0.4, -0.2) is 18.6 Å². The molecule has 0 aliphatic carbocycles. The van der Waals surface area contributed by atoms with Crippen molar-refractivity contribution in [2.75, 3.05) is 6.61 Å². The second-order valence-electron chi connectivity index (χ2n) is 3.18. The molecule has 1 aliphatic rings. The quantitative estimate of drug-likeness (QED) is 0.728. The van der Waals surface area contributed by atoms with Crippen LogP contribution in [0.3, 0.4) is 0 Å². The van der Waals surface area contributed by atoms with Gasteiger partial charge in [-0.15, -0.1) is 0 Å². The van der Waals surface area contributed by atoms with Crippen LogP contribution in [0.25, 0.3) is 0 Å². The van der Waals surface area contributed by atoms with Crippen LogP contribution in [-0.2, 0) is 4.79 Å². The van der Waals surface area contributed by atoms with Gasteiger partial charge in [0, 0.05) is 6.08 Å². The van der Waals surface area contributed by atoms with E-state index in [-0.39, 0.29) is 6.10 Å². The van der Waals surface area contributed by atoms with E-state index in [9.17, 15) is 4.79 Å². The van der Waals surface area contributed by atoms with E-state index in [1.54, 1.807) is 6.08 Å². The number of hydrogen-bond acceptors (Lipinski definition) is 3. The molecule has 1 aliphatic heterocycles. The minimum Gasteiger partial charge on any atom is -0.485 e. The smallest absolute Gasteiger partial charge is 0.241 e. The van der Waals surface area contributed by atoms with Gasteiger partial charge < -0.3 is 15.2 Å². The Balaban J connectivity index is 2.09. The Hall–Kier alpha value is -1.97. The zero-order valence-electron chi connectivity index (χ0n) is 8.05. The molecule has 0 saturated heterocycles. The first-order valence-corrected chi connectivity index (χ1v) is 4.62. The molecule has 2 rings (SSSR count). The first-order chi connectivity index (χ1) is 7.25. The minimum atomic E-state index is -0.488. The van der Waals surface area contributed by atoms with Crippen LogP contribution in [0.15, 0.2) is 36.4 Å². The van der Waals surface area contributed by atoms with Gasteiger partial charge >= 0.3 is 0 Å². The number of carbonyl (C=O) groups is 1. The number of carbonyl (C=O) groups excluding carboxylic acids is 1. The summed E-state index contributed by atoms with van der Waals surface area (Å²) in [6.45, 7) is 0.390. The van der Waals surface area contributed by atoms with Crippen molar-refractivity contribution in [3.8, 4) is 11.5 Å². The fourth-order valence-corrected chi connectivity index (χ4v) is 1.33. The van der Waals surface area contributed by atoms with E-state index in [2.05, 4.69) is 0 Å². The number of amides is 1. The average molecular weight is 205 g/mol. The summed E-state index contributed by atoms with van der Waals surface area (Å²) in [5.41, 5.74) is 4.98. The van der Waals surface area contributed by atoms with Gasteiger partial charge in [0.1, 0.15) is 6.61 Å². The Morgan fingerprint density at radius 2 is 2.13 bits per heavy atom. The molecule has 0 saturated carbocycles. The molecule has 0 bridgehead atoms. The largest absolute Gasteiger partial charge is 0.485 e. The molecular formula is C11H11NO3. The molecule has 1 aromatic carbocycles. The van der Waals surface area contributed by atoms with Gasteiger partial charge in [0.05, 0.1) is 0 Å². The fourth-order valence-electron chi connectivity index (χ4n) is 1.33. The maximum atomic E-state index is 10.5. The van der Waals surface area contributed by atoms with Crippen molar-refractivity contribution in [1.82, 2.24) is 0 Å². The van der Waals surface area contributed by atoms with Gasteiger partial charge in [0.15, 0.2) is 17.6 Å². The molecule has 1 aromatic rings. The van der Waals surface area contributed by atoms with Gasteiger partial charge in [0.25, 0.3) is 0 Å². The van der Waals surface area contributed by atoms with Crippen LogP contribution >= 0.6 is 0 Å². The van der Waals surface area contributed by atoms with E-state index in [0.717, 1.165) is 5.75 Å². The Bertz CT molecular complexity index is 401. The molecule has 4 heteroatoms. The topological polar surface area (TPSA) is 61.6 Å². The van der Waals surface area contributed by atoms with Crippen LogP contribution in [0.2, 0.25) is 0 Å². The zero-order chi connectivity index (χ0) is 10.7. The van der Waals surface area contributed by atoms with Crippen LogP contribution < -0.4 is 15.2 Å². The summed E-state index contributed by atoms with van der Waals surface area (Å²) < 4.78 is 11.0. The van der Waals surface area contributed by atoms with Crippen LogP contribution in [0, 0.1) is 0 Å². The maximum Gasteiger partial charge on any atom is 0.241 e. The summed E-state index contributed by atoms with van der Waals surface area (Å²) in [6.07, 6.45) is 2.62. The van der Waals surface area contributed by atoms with Crippen molar-refractivity contribution in [1.29, 1.82) is 0 Å². The highest BCUT2D eigenvalue weighted by Crippen LogP contribution is 2.30. The van der Waals surface area contributed by atoms with Gasteiger partial charge in [-0.3, -0.25) is 4.79 Å². The summed E-state index contributed by atoms with van der Waals surface area (Å²) in [5.74, 6) is 0.918. The number of fused-ring (bicyclic) bond motifs is 1. The molecule has 1 atom stereocenters. The molecule has 2 N–H and O–H groups in total. The Labute approximate surface area is 87.3 Å². The third kappa shape index (κ3) is 2.28. The molecular weight excluding hydrogens is 194 g/mol. The van der Waals surface area contributed by atoms with Gasteiger partial charge in [-0.2, -0.15) is 0 Å². The molecule has 0 spiro atoms. The second-order valence-corrected chi connectivity index (χ2v) is 3.18. The summed E-state index contributed by atoms with van der Waals surface area (Å²) in [6, 6.07) is 7.40. The van der Waals surface area contributed by atoms with E-state index < -0.39 is 5.91 Å². The third-order valence-corrected chi connectivity index (χ3v) is 2.01. The Morgan fingerprint density at radius 1 is 1.40 bits per heavy atom. The molecule has 1 heterocycles. The lowest BCUT2D eigenvalue weighted by Gasteiger charge is -2.24. The predicted octanol–water partition coefficient (Wildman–Crippen LogP) is 0.868. The summed E-state index contributed by atoms with van der Waals surface area (Å²) >= 11 is 0. The van der Waals surface area contributed by atoms with E-state index in [1.165, 1.54) is 6.08 Å². The zero-order valence-corrected chi connectivity index (χ0v) is 8.05. The summed E-state index contributed by atoms with van der Waals surface area (Å²) in [7, 11) is 0. The number of benzene rings is 1. The molecule has 4 nitrogen and oxygen atoms in total. The third-order valence-electron chi connectivity index (χ3n) is 2.01. The molecule has 0 aromatic heterocycles. The monoisotopic (exact) mass is 205 g/mol. The summed E-state index contributed by atoms with van der Waals surface area (Å²) in [5, 5.41) is 0. The highest BCUT2D eigenvalue weighted by molar-refractivity contribution is 5.85. The fraction of sp³-hybridized carbons (Fsp3) is 0.182. The molecule has 0 fully saturated rings. The van der Waals surface area contributed by atoms with E-state index in [0.29, 0.717) is 12.4 Å². The van der Waals surface area contributed by atoms with Crippen LogP contribution in [0.1, 0.15) is 0 Å². The van der Waals surface area contributed by atoms with Crippen molar-refractivity contribution in [2.45, 2.75) is 6.10 Å². The van der Waals surface area contributed by atoms with Crippen LogP contribution in [0.4, 0.5) is 0 Å². The molecule has 1 amide bonds. The van der Waals surface area contributed by atoms with Gasteiger partial charge in [-0.1, -0.05) is 12.1 Å². The molecule has 15 heavy (non-hydrogen) atoms. The molecule has 1 unspecified atom stereocenters. The lowest BCUT2D eigenvalue weighted by Crippen LogP contribution is -2.27. The Kier molecular flexibility index (Phi) is 2.58. The standard InChI is InChI=1S/C11H11NO3/c12-11(13)6-5-8-7-14-9-3-1-2-4-10(9)15-8/h1-6,8H,7H2,(H2,12,13)/b6-5-. The molecule has 78 valence electrons. The van der Waals surface area contributed by atoms with E-state index in [4.69, 9.17) is 15.2 Å². The number of nitrogens with two attached hydrogens (primary N) is 1. The highest BCUT2D eigenvalue weighted by Gasteiger charge is 2.17. The van der Waals surface area contributed by atoms with E-state index >= 15 is 0 Å². The van der Waals surface area contributed by atoms with Gasteiger partial charge in [0.2, 0.25) is 5.91 Å². The number of rotatable bonds is 2. The molecule has 0 radical (unpaired) electrons. The van der Waals surface area contributed by atoms with Gasteiger partial charge in [-0.25, -0.2) is 0 Å². The van der Waals surface area contributed by atoms with Crippen LogP contribution in [0.5, 0.6) is 11.5 Å². The predicted molar refractivity (Wildman–Crippen MR) is 54.7 cm³/mol. The number of primary amides is 1. The lowest BCUT2D eigenvalue weighted by molar-refractivity contribution is -0.113. The first kappa shape index (κ1) is 9.58. The first-order valence-electron chi connectivity index (χ1n) is 4.62. The van der Waals surface area contributed by atoms with Crippen molar-refractivity contribution >= 4 is 5.91 Å². The SMILES string of the molecule is NC(=O)/C=C\C1COc2ccccc2O1. The number of hydrogen-bond donors (Lipinski definition) is 1. The van der Waals surface area contributed by atoms with Crippen molar-refractivity contribution in [3.05, 3.63) is 36.4 Å². The van der Waals surface area contributed by atoms with E-state index in [1.807, 2.05) is 24.3 Å². The lowest BCUT2D eigenvalue weighted by atomic mass is 10.2. The minimum absolute atomic E-state index is 0.257. The average Bonchev–Trinajstić information content (AvgIpc) is 2.26. The van der Waals surface area contributed by atoms with Crippen molar-refractivity contribution in [2.24, 2.45) is 5.73 Å².